The van der Waals surface area contributed by atoms with E-state index in [0.717, 1.165) is 12.8 Å². The minimum atomic E-state index is -2.10. The second kappa shape index (κ2) is 1.69. The van der Waals surface area contributed by atoms with Crippen LogP contribution in [0, 0.1) is 5.92 Å². The molecule has 0 N–H and O–H groups in total. The van der Waals surface area contributed by atoms with E-state index < -0.39 is 5.85 Å². The molecule has 2 atom stereocenters. The van der Waals surface area contributed by atoms with Gasteiger partial charge in [0.05, 0.1) is 0 Å². The molecule has 0 aliphatic heterocycles. The van der Waals surface area contributed by atoms with Crippen LogP contribution >= 0.6 is 0 Å². The van der Waals surface area contributed by atoms with Crippen molar-refractivity contribution in [3.05, 3.63) is 0 Å². The lowest BCUT2D eigenvalue weighted by Crippen LogP contribution is -2.22. The number of halogens is 1. The van der Waals surface area contributed by atoms with E-state index >= 15 is 0 Å². The first-order chi connectivity index (χ1) is 3.63. The summed E-state index contributed by atoms with van der Waals surface area (Å²) in [6.45, 7) is 1.68. The maximum absolute atomic E-state index is 12.4. The van der Waals surface area contributed by atoms with E-state index in [0.29, 0.717) is 0 Å². The third-order valence-corrected chi connectivity index (χ3v) is 1.89. The third-order valence-electron chi connectivity index (χ3n) is 1.89. The zero-order valence-corrected chi connectivity index (χ0v) is 4.98. The summed E-state index contributed by atoms with van der Waals surface area (Å²) in [6, 6.07) is 0. The van der Waals surface area contributed by atoms with Gasteiger partial charge in [-0.3, -0.25) is 0 Å². The highest BCUT2D eigenvalue weighted by Crippen LogP contribution is 2.36. The largest absolute Gasteiger partial charge is 0.243 e. The van der Waals surface area contributed by atoms with Crippen molar-refractivity contribution >= 4 is 0 Å². The Morgan fingerprint density at radius 1 is 1.75 bits per heavy atom. The van der Waals surface area contributed by atoms with Crippen LogP contribution in [0.4, 0.5) is 4.39 Å². The summed E-state index contributed by atoms with van der Waals surface area (Å²) in [4.78, 5) is 0. The molecule has 0 amide bonds. The van der Waals surface area contributed by atoms with Crippen LogP contribution in [-0.2, 0) is 5.11 Å². The summed E-state index contributed by atoms with van der Waals surface area (Å²) in [5.41, 5.74) is 0. The topological polar surface area (TPSA) is 19.9 Å². The van der Waals surface area contributed by atoms with Gasteiger partial charge in [-0.2, -0.15) is 5.11 Å². The van der Waals surface area contributed by atoms with Crippen LogP contribution < -0.4 is 0 Å². The summed E-state index contributed by atoms with van der Waals surface area (Å²) in [5, 5.41) is 10.6. The Labute approximate surface area is 48.5 Å². The smallest absolute Gasteiger partial charge is 0.209 e. The Bertz CT molecular complexity index is 90.5. The fraction of sp³-hybridized carbons (Fsp3) is 1.00. The van der Waals surface area contributed by atoms with E-state index in [-0.39, 0.29) is 12.3 Å². The summed E-state index contributed by atoms with van der Waals surface area (Å²) < 4.78 is 12.4. The molecule has 1 saturated carbocycles. The number of hydrogen-bond acceptors (Lipinski definition) is 0. The molecule has 1 aliphatic carbocycles. The first kappa shape index (κ1) is 6.02. The lowest BCUT2D eigenvalue weighted by atomic mass is 10.1. The minimum Gasteiger partial charge on any atom is -0.209 e. The summed E-state index contributed by atoms with van der Waals surface area (Å²) >= 11 is 0. The van der Waals surface area contributed by atoms with Crippen LogP contribution in [-0.4, -0.2) is 5.85 Å². The second-order valence-electron chi connectivity index (χ2n) is 2.58. The molecule has 0 bridgehead atoms. The van der Waals surface area contributed by atoms with Gasteiger partial charge in [0.15, 0.2) is 0 Å². The molecule has 0 aromatic heterocycles. The van der Waals surface area contributed by atoms with E-state index in [9.17, 15) is 9.50 Å². The van der Waals surface area contributed by atoms with Gasteiger partial charge in [-0.15, -0.1) is 0 Å². The molecule has 47 valence electrons. The average Bonchev–Trinajstić information content (AvgIpc) is 1.86. The van der Waals surface area contributed by atoms with E-state index in [1.54, 1.807) is 6.92 Å². The van der Waals surface area contributed by atoms with Gasteiger partial charge < -0.3 is 0 Å². The quantitative estimate of drug-likeness (QED) is 0.462. The van der Waals surface area contributed by atoms with E-state index in [1.807, 2.05) is 0 Å². The number of rotatable bonds is 0. The van der Waals surface area contributed by atoms with Crippen molar-refractivity contribution in [2.75, 3.05) is 0 Å². The van der Waals surface area contributed by atoms with Gasteiger partial charge in [0, 0.05) is 12.3 Å². The molecule has 1 aliphatic rings. The van der Waals surface area contributed by atoms with E-state index in [4.69, 9.17) is 0 Å². The monoisotopic (exact) mass is 117 g/mol. The Balaban J connectivity index is 2.54. The Morgan fingerprint density at radius 3 is 2.50 bits per heavy atom. The molecule has 0 heterocycles. The second-order valence-corrected chi connectivity index (χ2v) is 2.58. The predicted molar refractivity (Wildman–Crippen MR) is 27.5 cm³/mol. The molecule has 2 unspecified atom stereocenters. The van der Waals surface area contributed by atoms with Gasteiger partial charge in [0.25, 0.3) is 0 Å². The molecular weight excluding hydrogens is 107 g/mol. The zero-order chi connectivity index (χ0) is 6.20. The van der Waals surface area contributed by atoms with Crippen molar-refractivity contribution in [2.45, 2.75) is 32.0 Å². The molecular formula is C6H10FO. The molecule has 0 aromatic carbocycles. The Morgan fingerprint density at radius 2 is 2.38 bits per heavy atom. The Kier molecular flexibility index (Phi) is 1.27. The summed E-state index contributed by atoms with van der Waals surface area (Å²) in [7, 11) is 0. The minimum absolute atomic E-state index is 0.216. The molecule has 0 spiro atoms. The summed E-state index contributed by atoms with van der Waals surface area (Å²) in [5.74, 6) is -2.36. The molecule has 8 heavy (non-hydrogen) atoms. The SMILES string of the molecule is CC1CCCC1([O])F. The first-order valence-electron chi connectivity index (χ1n) is 3.02. The van der Waals surface area contributed by atoms with Crippen LogP contribution in [0.15, 0.2) is 0 Å². The van der Waals surface area contributed by atoms with Gasteiger partial charge in [-0.25, -0.2) is 4.39 Å². The van der Waals surface area contributed by atoms with Crippen molar-refractivity contribution in [3.63, 3.8) is 0 Å². The highest BCUT2D eigenvalue weighted by molar-refractivity contribution is 4.79. The van der Waals surface area contributed by atoms with Crippen molar-refractivity contribution in [1.29, 1.82) is 0 Å². The van der Waals surface area contributed by atoms with Crippen molar-refractivity contribution in [2.24, 2.45) is 5.92 Å². The maximum atomic E-state index is 12.4. The first-order valence-corrected chi connectivity index (χ1v) is 3.02. The fourth-order valence-corrected chi connectivity index (χ4v) is 1.11. The predicted octanol–water partition coefficient (Wildman–Crippen LogP) is 1.90. The summed E-state index contributed by atoms with van der Waals surface area (Å²) in [6.07, 6.45) is 1.75. The van der Waals surface area contributed by atoms with Crippen LogP contribution in [0.25, 0.3) is 0 Å². The third kappa shape index (κ3) is 0.848. The maximum Gasteiger partial charge on any atom is 0.243 e. The molecule has 0 saturated heterocycles. The highest BCUT2D eigenvalue weighted by Gasteiger charge is 2.39. The van der Waals surface area contributed by atoms with Crippen molar-refractivity contribution in [1.82, 2.24) is 0 Å². The molecule has 2 heteroatoms. The van der Waals surface area contributed by atoms with Gasteiger partial charge in [-0.05, 0) is 12.8 Å². The Hall–Kier alpha value is -0.110. The van der Waals surface area contributed by atoms with Gasteiger partial charge in [-0.1, -0.05) is 6.92 Å². The average molecular weight is 117 g/mol. The molecule has 1 fully saturated rings. The van der Waals surface area contributed by atoms with E-state index in [1.165, 1.54) is 0 Å². The number of hydrogen-bond donors (Lipinski definition) is 0. The van der Waals surface area contributed by atoms with E-state index in [2.05, 4.69) is 0 Å². The van der Waals surface area contributed by atoms with Crippen molar-refractivity contribution < 1.29 is 9.50 Å². The number of alkyl halides is 1. The highest BCUT2D eigenvalue weighted by atomic mass is 19.2. The fourth-order valence-electron chi connectivity index (χ4n) is 1.11. The normalized spacial score (nSPS) is 47.6. The molecule has 1 rings (SSSR count). The van der Waals surface area contributed by atoms with Crippen molar-refractivity contribution in [3.8, 4) is 0 Å². The van der Waals surface area contributed by atoms with Crippen LogP contribution in [0.5, 0.6) is 0 Å². The van der Waals surface area contributed by atoms with Gasteiger partial charge in [0.2, 0.25) is 5.85 Å². The van der Waals surface area contributed by atoms with Crippen LogP contribution in [0.3, 0.4) is 0 Å². The lowest BCUT2D eigenvalue weighted by Gasteiger charge is -2.12. The lowest BCUT2D eigenvalue weighted by molar-refractivity contribution is -0.162. The van der Waals surface area contributed by atoms with Crippen LogP contribution in [0.1, 0.15) is 26.2 Å². The zero-order valence-electron chi connectivity index (χ0n) is 4.98. The van der Waals surface area contributed by atoms with Crippen LogP contribution in [0.2, 0.25) is 0 Å². The molecule has 0 aromatic rings. The molecule has 1 nitrogen and oxygen atoms in total. The molecule has 1 radical (unpaired) electrons. The van der Waals surface area contributed by atoms with Gasteiger partial charge >= 0.3 is 0 Å². The van der Waals surface area contributed by atoms with Gasteiger partial charge in [0.1, 0.15) is 0 Å². The standard InChI is InChI=1S/C6H10FO/c1-5-3-2-4-6(5,7)8/h5H,2-4H2,1H3.